The Morgan fingerprint density at radius 3 is 2.17 bits per heavy atom. The highest BCUT2D eigenvalue weighted by molar-refractivity contribution is 6.58. The maximum absolute atomic E-state index is 16.2. The van der Waals surface area contributed by atoms with Crippen molar-refractivity contribution in [3.05, 3.63) is 67.4 Å². The third-order valence-electron chi connectivity index (χ3n) is 6.60. The fourth-order valence-corrected chi connectivity index (χ4v) is 5.92. The van der Waals surface area contributed by atoms with Crippen molar-refractivity contribution in [2.45, 2.75) is 54.4 Å². The third-order valence-corrected chi connectivity index (χ3v) is 7.17. The largest absolute Gasteiger partial charge is 0.737 e. The van der Waals surface area contributed by atoms with Crippen LogP contribution in [0.1, 0.15) is 62.2 Å². The van der Waals surface area contributed by atoms with Crippen molar-refractivity contribution in [2.24, 2.45) is 0 Å². The lowest BCUT2D eigenvalue weighted by atomic mass is 9.84. The van der Waals surface area contributed by atoms with Gasteiger partial charge in [-0.05, 0) is 50.4 Å². The van der Waals surface area contributed by atoms with E-state index in [0.29, 0.717) is 56.8 Å². The average molecular weight is 450 g/mol. The van der Waals surface area contributed by atoms with E-state index in [1.165, 1.54) is 21.4 Å². The van der Waals surface area contributed by atoms with Crippen LogP contribution in [0.3, 0.4) is 0 Å². The monoisotopic (exact) mass is 449 g/mol. The lowest BCUT2D eigenvalue weighted by Crippen LogP contribution is -2.51. The topological polar surface area (TPSA) is 20.8 Å². The molecule has 3 nitrogen and oxygen atoms in total. The number of pyridine rings is 1. The number of halogens is 4. The van der Waals surface area contributed by atoms with Crippen molar-refractivity contribution in [3.63, 3.8) is 0 Å². The van der Waals surface area contributed by atoms with Crippen LogP contribution in [-0.2, 0) is 6.42 Å². The molecule has 0 aliphatic carbocycles. The van der Waals surface area contributed by atoms with Crippen molar-refractivity contribution >= 4 is 41.5 Å². The summed E-state index contributed by atoms with van der Waals surface area (Å²) in [7, 11) is 0. The quantitative estimate of drug-likeness (QED) is 0.484. The summed E-state index contributed by atoms with van der Waals surface area (Å²) < 4.78 is 34.8. The molecule has 158 valence electrons. The summed E-state index contributed by atoms with van der Waals surface area (Å²) >= 11 is 13.1. The average Bonchev–Trinajstić information content (AvgIpc) is 3.08. The Kier molecular flexibility index (Phi) is 5.02. The fourth-order valence-electron chi connectivity index (χ4n) is 5.37. The summed E-state index contributed by atoms with van der Waals surface area (Å²) in [5.41, 5.74) is 6.93. The Morgan fingerprint density at radius 1 is 1.03 bits per heavy atom. The highest BCUT2D eigenvalue weighted by Crippen LogP contribution is 2.49. The summed E-state index contributed by atoms with van der Waals surface area (Å²) in [4.78, 5) is 4.07. The van der Waals surface area contributed by atoms with Crippen molar-refractivity contribution in [1.82, 2.24) is 9.46 Å². The number of hydrogen-bond acceptors (Lipinski definition) is 1. The minimum absolute atomic E-state index is 0.348. The van der Waals surface area contributed by atoms with Crippen molar-refractivity contribution in [3.8, 4) is 0 Å². The first-order valence-corrected chi connectivity index (χ1v) is 10.9. The van der Waals surface area contributed by atoms with E-state index < -0.39 is 6.97 Å². The van der Waals surface area contributed by atoms with Crippen LogP contribution in [-0.4, -0.2) is 26.6 Å². The maximum atomic E-state index is 16.2. The molecule has 0 saturated heterocycles. The molecular weight excluding hydrogens is 426 g/mol. The molecule has 2 aliphatic rings. The Labute approximate surface area is 185 Å². The molecule has 0 saturated carbocycles. The zero-order valence-electron chi connectivity index (χ0n) is 18.0. The molecule has 2 aliphatic heterocycles. The second-order valence-electron chi connectivity index (χ2n) is 7.96. The van der Waals surface area contributed by atoms with Gasteiger partial charge in [-0.2, -0.15) is 0 Å². The molecule has 8 heteroatoms. The minimum Gasteiger partial charge on any atom is -0.393 e. The Bertz CT molecular complexity index is 1190. The van der Waals surface area contributed by atoms with Crippen molar-refractivity contribution < 1.29 is 13.1 Å². The van der Waals surface area contributed by atoms with Gasteiger partial charge in [-0.25, -0.2) is 0 Å². The lowest BCUT2D eigenvalue weighted by Gasteiger charge is -2.34. The second-order valence-corrected chi connectivity index (χ2v) is 8.78. The number of fused-ring (bicyclic) bond motifs is 2. The molecule has 0 fully saturated rings. The van der Waals surface area contributed by atoms with Crippen LogP contribution in [0, 0.1) is 13.8 Å². The van der Waals surface area contributed by atoms with Gasteiger partial charge in [0.2, 0.25) is 0 Å². The van der Waals surface area contributed by atoms with E-state index >= 15 is 8.63 Å². The molecule has 0 spiro atoms. The first-order chi connectivity index (χ1) is 14.1. The molecular formula is C22H24BCl2F2N3. The van der Waals surface area contributed by atoms with Crippen LogP contribution < -0.4 is 0 Å². The van der Waals surface area contributed by atoms with Crippen LogP contribution in [0.15, 0.2) is 29.2 Å². The van der Waals surface area contributed by atoms with E-state index in [-0.39, 0.29) is 0 Å². The summed E-state index contributed by atoms with van der Waals surface area (Å²) in [6, 6.07) is 0. The van der Waals surface area contributed by atoms with E-state index in [1.807, 2.05) is 27.7 Å². The van der Waals surface area contributed by atoms with Gasteiger partial charge in [0, 0.05) is 41.7 Å². The Balaban J connectivity index is 2.29. The van der Waals surface area contributed by atoms with Crippen LogP contribution in [0.4, 0.5) is 8.63 Å². The van der Waals surface area contributed by atoms with Crippen LogP contribution in [0.5, 0.6) is 0 Å². The smallest absolute Gasteiger partial charge is 0.393 e. The SMILES string of the molecule is CCC1=C(C)C2=C(c3c(Cl)cncc3Cl)c3c(C)c(CC)c(C)n3[B-](F)(F)[N+]2=C1C. The lowest BCUT2D eigenvalue weighted by molar-refractivity contribution is -0.363. The normalized spacial score (nSPS) is 17.8. The fraction of sp³-hybridized carbons (Fsp3) is 0.364. The zero-order valence-corrected chi connectivity index (χ0v) is 19.5. The van der Waals surface area contributed by atoms with Crippen molar-refractivity contribution in [1.29, 1.82) is 0 Å². The Hall–Kier alpha value is -1.92. The number of rotatable bonds is 3. The van der Waals surface area contributed by atoms with Gasteiger partial charge in [-0.3, -0.25) is 4.98 Å². The molecule has 0 atom stereocenters. The Morgan fingerprint density at radius 2 is 1.63 bits per heavy atom. The molecule has 4 rings (SSSR count). The summed E-state index contributed by atoms with van der Waals surface area (Å²) in [6.45, 7) is 7.28. The molecule has 30 heavy (non-hydrogen) atoms. The van der Waals surface area contributed by atoms with Gasteiger partial charge in [0.25, 0.3) is 0 Å². The predicted octanol–water partition coefficient (Wildman–Crippen LogP) is 6.58. The standard InChI is InChI=1S/C22H24BCl2F2N3/c1-7-15-11(3)21-20(19-17(24)9-28-10-18(19)25)22-12(4)16(8-2)14(6)30(22)23(26,27)29(21)13(15)5/h9-10H,7-8H2,1-6H3. The zero-order chi connectivity index (χ0) is 22.1. The van der Waals surface area contributed by atoms with Gasteiger partial charge in [-0.1, -0.05) is 37.0 Å². The van der Waals surface area contributed by atoms with Gasteiger partial charge in [0.15, 0.2) is 5.70 Å². The predicted molar refractivity (Wildman–Crippen MR) is 121 cm³/mol. The molecule has 0 bridgehead atoms. The first-order valence-electron chi connectivity index (χ1n) is 10.2. The highest BCUT2D eigenvalue weighted by Gasteiger charge is 2.57. The third kappa shape index (κ3) is 2.56. The molecule has 2 aromatic heterocycles. The van der Waals surface area contributed by atoms with Gasteiger partial charge >= 0.3 is 6.97 Å². The van der Waals surface area contributed by atoms with Crippen LogP contribution in [0.2, 0.25) is 10.0 Å². The molecule has 0 aromatic carbocycles. The number of nitrogens with zero attached hydrogens (tertiary/aromatic N) is 3. The molecule has 4 heterocycles. The van der Waals surface area contributed by atoms with Gasteiger partial charge in [-0.15, -0.1) is 0 Å². The highest BCUT2D eigenvalue weighted by atomic mass is 35.5. The molecule has 0 amide bonds. The van der Waals surface area contributed by atoms with Gasteiger partial charge < -0.3 is 17.6 Å². The number of allylic oxidation sites excluding steroid dienone is 2. The maximum Gasteiger partial charge on any atom is 0.737 e. The summed E-state index contributed by atoms with van der Waals surface area (Å²) in [6.07, 6.45) is 4.37. The molecule has 0 radical (unpaired) electrons. The van der Waals surface area contributed by atoms with Crippen molar-refractivity contribution in [2.75, 3.05) is 0 Å². The van der Waals surface area contributed by atoms with E-state index in [2.05, 4.69) is 4.98 Å². The van der Waals surface area contributed by atoms with Gasteiger partial charge in [0.05, 0.1) is 15.6 Å². The summed E-state index contributed by atoms with van der Waals surface area (Å²) in [5, 5.41) is 0.696. The van der Waals surface area contributed by atoms with E-state index in [0.717, 1.165) is 22.3 Å². The molecule has 2 aromatic rings. The number of aromatic nitrogens is 2. The van der Waals surface area contributed by atoms with Gasteiger partial charge in [0.1, 0.15) is 5.71 Å². The molecule has 0 unspecified atom stereocenters. The molecule has 0 N–H and O–H groups in total. The number of hydrogen-bond donors (Lipinski definition) is 0. The summed E-state index contributed by atoms with van der Waals surface area (Å²) in [5.74, 6) is 0. The van der Waals surface area contributed by atoms with Crippen LogP contribution in [0.25, 0.3) is 5.57 Å². The van der Waals surface area contributed by atoms with E-state index in [1.54, 1.807) is 13.8 Å². The van der Waals surface area contributed by atoms with Crippen LogP contribution >= 0.6 is 23.2 Å². The van der Waals surface area contributed by atoms with E-state index in [4.69, 9.17) is 23.2 Å². The second kappa shape index (κ2) is 7.06. The van der Waals surface area contributed by atoms with E-state index in [9.17, 15) is 0 Å². The minimum atomic E-state index is -4.07. The first kappa shape index (κ1) is 21.3.